The van der Waals surface area contributed by atoms with Crippen molar-refractivity contribution in [3.63, 3.8) is 0 Å². The predicted octanol–water partition coefficient (Wildman–Crippen LogP) is 3.78. The summed E-state index contributed by atoms with van der Waals surface area (Å²) in [7, 11) is 0. The second kappa shape index (κ2) is 6.34. The molecule has 1 aromatic heterocycles. The second-order valence-electron chi connectivity index (χ2n) is 4.51. The number of amides is 1. The summed E-state index contributed by atoms with van der Waals surface area (Å²) in [5, 5.41) is 4.93. The molecule has 2 rings (SSSR count). The van der Waals surface area contributed by atoms with Crippen LogP contribution >= 0.6 is 11.3 Å². The van der Waals surface area contributed by atoms with Gasteiger partial charge in [0.05, 0.1) is 0 Å². The van der Waals surface area contributed by atoms with Gasteiger partial charge in [0.2, 0.25) is 5.91 Å². The van der Waals surface area contributed by atoms with Gasteiger partial charge in [-0.2, -0.15) is 0 Å². The fraction of sp³-hybridized carbons (Fsp3) is 0.188. The molecule has 19 heavy (non-hydrogen) atoms. The van der Waals surface area contributed by atoms with Gasteiger partial charge >= 0.3 is 0 Å². The number of aryl methyl sites for hydroxylation is 1. The maximum absolute atomic E-state index is 11.9. The number of hydrogen-bond donors (Lipinski definition) is 1. The van der Waals surface area contributed by atoms with Crippen molar-refractivity contribution in [1.29, 1.82) is 0 Å². The van der Waals surface area contributed by atoms with Crippen LogP contribution in [0.1, 0.15) is 22.9 Å². The number of benzene rings is 1. The molecule has 2 aromatic rings. The van der Waals surface area contributed by atoms with Crippen molar-refractivity contribution in [2.45, 2.75) is 20.4 Å². The van der Waals surface area contributed by atoms with Gasteiger partial charge in [-0.25, -0.2) is 0 Å². The molecule has 0 radical (unpaired) electrons. The summed E-state index contributed by atoms with van der Waals surface area (Å²) in [6.07, 6.45) is 1.91. The second-order valence-corrected chi connectivity index (χ2v) is 5.49. The molecule has 0 aliphatic carbocycles. The Hall–Kier alpha value is -1.87. The third-order valence-electron chi connectivity index (χ3n) is 2.83. The third-order valence-corrected chi connectivity index (χ3v) is 3.65. The molecule has 0 aliphatic rings. The van der Waals surface area contributed by atoms with Crippen molar-refractivity contribution in [3.8, 4) is 0 Å². The molecule has 1 aromatic carbocycles. The number of rotatable bonds is 4. The Kier molecular flexibility index (Phi) is 4.53. The van der Waals surface area contributed by atoms with E-state index in [1.165, 1.54) is 5.56 Å². The van der Waals surface area contributed by atoms with E-state index < -0.39 is 0 Å². The fourth-order valence-electron chi connectivity index (χ4n) is 1.68. The lowest BCUT2D eigenvalue weighted by atomic mass is 10.1. The zero-order valence-electron chi connectivity index (χ0n) is 11.1. The Morgan fingerprint density at radius 1 is 1.26 bits per heavy atom. The molecule has 0 spiro atoms. The summed E-state index contributed by atoms with van der Waals surface area (Å²) < 4.78 is 0. The van der Waals surface area contributed by atoms with Gasteiger partial charge in [-0.05, 0) is 36.9 Å². The van der Waals surface area contributed by atoms with E-state index in [0.717, 1.165) is 16.0 Å². The van der Waals surface area contributed by atoms with E-state index >= 15 is 0 Å². The molecule has 0 saturated heterocycles. The normalized spacial score (nSPS) is 11.4. The van der Waals surface area contributed by atoms with Crippen LogP contribution in [0.15, 0.2) is 47.4 Å². The van der Waals surface area contributed by atoms with Crippen molar-refractivity contribution in [3.05, 3.63) is 63.4 Å². The number of thiophene rings is 1. The predicted molar refractivity (Wildman–Crippen MR) is 81.0 cm³/mol. The SMILES string of the molecule is C/C(=C\c1cccs1)C(=O)NCc1ccc(C)cc1. The van der Waals surface area contributed by atoms with Crippen LogP contribution in [0.5, 0.6) is 0 Å². The first kappa shape index (κ1) is 13.6. The summed E-state index contributed by atoms with van der Waals surface area (Å²) in [4.78, 5) is 13.0. The standard InChI is InChI=1S/C16H17NOS/c1-12-5-7-14(8-6-12)11-17-16(18)13(2)10-15-4-3-9-19-15/h3-10H,11H2,1-2H3,(H,17,18)/b13-10+. The number of carbonyl (C=O) groups is 1. The minimum atomic E-state index is -0.0195. The van der Waals surface area contributed by atoms with E-state index in [-0.39, 0.29) is 5.91 Å². The largest absolute Gasteiger partial charge is 0.348 e. The molecular weight excluding hydrogens is 254 g/mol. The number of nitrogens with one attached hydrogen (secondary N) is 1. The van der Waals surface area contributed by atoms with Crippen LogP contribution < -0.4 is 5.32 Å². The Morgan fingerprint density at radius 3 is 2.63 bits per heavy atom. The molecule has 0 aliphatic heterocycles. The molecule has 3 heteroatoms. The van der Waals surface area contributed by atoms with Gasteiger partial charge < -0.3 is 5.32 Å². The topological polar surface area (TPSA) is 29.1 Å². The van der Waals surface area contributed by atoms with Gasteiger partial charge in [0, 0.05) is 17.0 Å². The highest BCUT2D eigenvalue weighted by molar-refractivity contribution is 7.10. The van der Waals surface area contributed by atoms with E-state index in [0.29, 0.717) is 6.54 Å². The molecule has 1 amide bonds. The summed E-state index contributed by atoms with van der Waals surface area (Å²) in [5.41, 5.74) is 3.07. The van der Waals surface area contributed by atoms with E-state index in [2.05, 4.69) is 24.4 Å². The lowest BCUT2D eigenvalue weighted by Crippen LogP contribution is -2.23. The third kappa shape index (κ3) is 4.07. The molecule has 0 fully saturated rings. The highest BCUT2D eigenvalue weighted by Crippen LogP contribution is 2.13. The van der Waals surface area contributed by atoms with Gasteiger partial charge in [-0.15, -0.1) is 11.3 Å². The lowest BCUT2D eigenvalue weighted by molar-refractivity contribution is -0.117. The zero-order valence-corrected chi connectivity index (χ0v) is 12.0. The Bertz CT molecular complexity index is 567. The Balaban J connectivity index is 1.92. The Morgan fingerprint density at radius 2 is 2.00 bits per heavy atom. The van der Waals surface area contributed by atoms with Gasteiger partial charge in [0.1, 0.15) is 0 Å². The van der Waals surface area contributed by atoms with Crippen molar-refractivity contribution in [2.24, 2.45) is 0 Å². The minimum absolute atomic E-state index is 0.0195. The summed E-state index contributed by atoms with van der Waals surface area (Å²) >= 11 is 1.63. The molecular formula is C16H17NOS. The van der Waals surface area contributed by atoms with Crippen LogP contribution in [0, 0.1) is 6.92 Å². The molecule has 98 valence electrons. The van der Waals surface area contributed by atoms with Crippen LogP contribution in [-0.4, -0.2) is 5.91 Å². The van der Waals surface area contributed by atoms with Crippen LogP contribution in [0.2, 0.25) is 0 Å². The van der Waals surface area contributed by atoms with Crippen molar-refractivity contribution < 1.29 is 4.79 Å². The maximum Gasteiger partial charge on any atom is 0.247 e. The van der Waals surface area contributed by atoms with E-state index in [1.807, 2.05) is 42.6 Å². The first-order valence-corrected chi connectivity index (χ1v) is 7.08. The Labute approximate surface area is 117 Å². The summed E-state index contributed by atoms with van der Waals surface area (Å²) in [6.45, 7) is 4.45. The monoisotopic (exact) mass is 271 g/mol. The molecule has 0 unspecified atom stereocenters. The molecule has 0 atom stereocenters. The van der Waals surface area contributed by atoms with Crippen molar-refractivity contribution in [2.75, 3.05) is 0 Å². The highest BCUT2D eigenvalue weighted by atomic mass is 32.1. The number of hydrogen-bond acceptors (Lipinski definition) is 2. The smallest absolute Gasteiger partial charge is 0.247 e. The first-order chi connectivity index (χ1) is 9.15. The lowest BCUT2D eigenvalue weighted by Gasteiger charge is -2.05. The van der Waals surface area contributed by atoms with Crippen LogP contribution in [0.4, 0.5) is 0 Å². The molecule has 0 bridgehead atoms. The fourth-order valence-corrected chi connectivity index (χ4v) is 2.40. The van der Waals surface area contributed by atoms with Gasteiger partial charge in [-0.3, -0.25) is 4.79 Å². The zero-order chi connectivity index (χ0) is 13.7. The highest BCUT2D eigenvalue weighted by Gasteiger charge is 2.04. The molecule has 1 N–H and O–H groups in total. The molecule has 1 heterocycles. The van der Waals surface area contributed by atoms with Crippen LogP contribution in [0.3, 0.4) is 0 Å². The maximum atomic E-state index is 11.9. The van der Waals surface area contributed by atoms with Crippen LogP contribution in [-0.2, 0) is 11.3 Å². The summed E-state index contributed by atoms with van der Waals surface area (Å²) in [6, 6.07) is 12.2. The van der Waals surface area contributed by atoms with Gasteiger partial charge in [0.25, 0.3) is 0 Å². The number of carbonyl (C=O) groups excluding carboxylic acids is 1. The minimum Gasteiger partial charge on any atom is -0.348 e. The van der Waals surface area contributed by atoms with E-state index in [4.69, 9.17) is 0 Å². The molecule has 0 saturated carbocycles. The van der Waals surface area contributed by atoms with Crippen molar-refractivity contribution in [1.82, 2.24) is 5.32 Å². The van der Waals surface area contributed by atoms with E-state index in [1.54, 1.807) is 11.3 Å². The average molecular weight is 271 g/mol. The van der Waals surface area contributed by atoms with Gasteiger partial charge in [-0.1, -0.05) is 35.9 Å². The average Bonchev–Trinajstić information content (AvgIpc) is 2.90. The quantitative estimate of drug-likeness (QED) is 0.842. The molecule has 2 nitrogen and oxygen atoms in total. The van der Waals surface area contributed by atoms with Crippen molar-refractivity contribution >= 4 is 23.3 Å². The summed E-state index contributed by atoms with van der Waals surface area (Å²) in [5.74, 6) is -0.0195. The first-order valence-electron chi connectivity index (χ1n) is 6.21. The van der Waals surface area contributed by atoms with Crippen LogP contribution in [0.25, 0.3) is 6.08 Å². The van der Waals surface area contributed by atoms with Gasteiger partial charge in [0.15, 0.2) is 0 Å². The van der Waals surface area contributed by atoms with E-state index in [9.17, 15) is 4.79 Å².